The number of nitrogens with one attached hydrogen (secondary N) is 1. The highest BCUT2D eigenvalue weighted by Crippen LogP contribution is 2.17. The molecule has 0 atom stereocenters. The Morgan fingerprint density at radius 1 is 1.40 bits per heavy atom. The second-order valence-corrected chi connectivity index (χ2v) is 6.68. The molecule has 0 fully saturated rings. The predicted octanol–water partition coefficient (Wildman–Crippen LogP) is 2.89. The van der Waals surface area contributed by atoms with E-state index < -0.39 is 0 Å². The van der Waals surface area contributed by atoms with Crippen LogP contribution in [-0.4, -0.2) is 47.4 Å². The van der Waals surface area contributed by atoms with E-state index in [-0.39, 0.29) is 5.54 Å². The van der Waals surface area contributed by atoms with Crippen molar-refractivity contribution in [2.24, 2.45) is 0 Å². The van der Waals surface area contributed by atoms with Crippen LogP contribution < -0.4 is 5.32 Å². The second kappa shape index (κ2) is 7.81. The molecule has 0 aliphatic carbocycles. The lowest BCUT2D eigenvalue weighted by molar-refractivity contribution is 0.372. The Bertz CT molecular complexity index is 430. The number of likely N-dealkylation sites (N-methyl/N-ethyl adjacent to an activating group) is 1. The van der Waals surface area contributed by atoms with Crippen LogP contribution in [0.2, 0.25) is 5.02 Å². The van der Waals surface area contributed by atoms with Gasteiger partial charge in [0.25, 0.3) is 0 Å². The van der Waals surface area contributed by atoms with Crippen molar-refractivity contribution in [3.8, 4) is 0 Å². The molecule has 0 aliphatic heterocycles. The van der Waals surface area contributed by atoms with Gasteiger partial charge in [-0.2, -0.15) is 5.10 Å². The van der Waals surface area contributed by atoms with Crippen LogP contribution in [0.1, 0.15) is 32.9 Å². The van der Waals surface area contributed by atoms with Crippen molar-refractivity contribution in [1.29, 1.82) is 0 Å². The van der Waals surface area contributed by atoms with Gasteiger partial charge in [0.05, 0.1) is 23.5 Å². The summed E-state index contributed by atoms with van der Waals surface area (Å²) < 4.78 is 1.95. The lowest BCUT2D eigenvalue weighted by Gasteiger charge is -2.19. The van der Waals surface area contributed by atoms with E-state index in [0.29, 0.717) is 5.02 Å². The quantitative estimate of drug-likeness (QED) is 0.786. The maximum Gasteiger partial charge on any atom is 0.0859 e. The van der Waals surface area contributed by atoms with Crippen LogP contribution in [0.15, 0.2) is 12.3 Å². The average Bonchev–Trinajstić information content (AvgIpc) is 2.66. The molecule has 0 radical (unpaired) electrons. The second-order valence-electron chi connectivity index (χ2n) is 6.27. The zero-order chi connectivity index (χ0) is 15.2. The van der Waals surface area contributed by atoms with Gasteiger partial charge in [0.1, 0.15) is 0 Å². The lowest BCUT2D eigenvalue weighted by Crippen LogP contribution is -2.36. The zero-order valence-corrected chi connectivity index (χ0v) is 14.0. The van der Waals surface area contributed by atoms with E-state index in [0.717, 1.165) is 31.7 Å². The summed E-state index contributed by atoms with van der Waals surface area (Å²) in [6, 6.07) is 0. The highest BCUT2D eigenvalue weighted by atomic mass is 35.5. The fourth-order valence-corrected chi connectivity index (χ4v) is 1.94. The van der Waals surface area contributed by atoms with Crippen molar-refractivity contribution in [2.45, 2.75) is 39.3 Å². The summed E-state index contributed by atoms with van der Waals surface area (Å²) in [5.41, 5.74) is 1.16. The fourth-order valence-electron chi connectivity index (χ4n) is 1.74. The van der Waals surface area contributed by atoms with Crippen LogP contribution in [0.5, 0.6) is 0 Å². The molecule has 0 spiro atoms. The largest absolute Gasteiger partial charge is 0.312 e. The smallest absolute Gasteiger partial charge is 0.0859 e. The molecule has 0 bridgehead atoms. The normalized spacial score (nSPS) is 12.8. The summed E-state index contributed by atoms with van der Waals surface area (Å²) in [6.45, 7) is 9.27. The first kappa shape index (κ1) is 17.2. The van der Waals surface area contributed by atoms with Gasteiger partial charge in [0.15, 0.2) is 0 Å². The first-order valence-corrected chi connectivity index (χ1v) is 7.45. The minimum Gasteiger partial charge on any atom is -0.312 e. The topological polar surface area (TPSA) is 33.1 Å². The molecule has 1 rings (SSSR count). The van der Waals surface area contributed by atoms with Crippen molar-refractivity contribution < 1.29 is 0 Å². The number of hydrogen-bond donors (Lipinski definition) is 1. The summed E-state index contributed by atoms with van der Waals surface area (Å²) in [7, 11) is 4.11. The third-order valence-corrected chi connectivity index (χ3v) is 3.13. The Labute approximate surface area is 127 Å². The van der Waals surface area contributed by atoms with E-state index >= 15 is 0 Å². The summed E-state index contributed by atoms with van der Waals surface area (Å²) in [5.74, 6) is 0. The van der Waals surface area contributed by atoms with Gasteiger partial charge in [-0.1, -0.05) is 17.7 Å². The number of rotatable bonds is 7. The Morgan fingerprint density at radius 2 is 2.10 bits per heavy atom. The summed E-state index contributed by atoms with van der Waals surface area (Å²) >= 11 is 6.18. The molecule has 1 heterocycles. The number of aromatic nitrogens is 2. The maximum absolute atomic E-state index is 6.18. The van der Waals surface area contributed by atoms with Gasteiger partial charge in [-0.05, 0) is 53.9 Å². The van der Waals surface area contributed by atoms with E-state index in [4.69, 9.17) is 11.6 Å². The van der Waals surface area contributed by atoms with Crippen LogP contribution in [-0.2, 0) is 6.54 Å². The van der Waals surface area contributed by atoms with Gasteiger partial charge in [-0.25, -0.2) is 0 Å². The van der Waals surface area contributed by atoms with E-state index in [1.54, 1.807) is 6.20 Å². The van der Waals surface area contributed by atoms with Gasteiger partial charge in [-0.15, -0.1) is 0 Å². The van der Waals surface area contributed by atoms with Crippen LogP contribution in [0, 0.1) is 0 Å². The number of hydrogen-bond acceptors (Lipinski definition) is 3. The standard InChI is InChI=1S/C15H27ClN4/c1-15(2,3)17-9-7-6-8-14-13(16)12-18-20(14)11-10-19(4)5/h6,8,12,17H,7,9-11H2,1-5H3/b8-6+. The molecule has 0 saturated carbocycles. The van der Waals surface area contributed by atoms with Crippen LogP contribution in [0.4, 0.5) is 0 Å². The fraction of sp³-hybridized carbons (Fsp3) is 0.667. The van der Waals surface area contributed by atoms with E-state index in [9.17, 15) is 0 Å². The Balaban J connectivity index is 2.51. The highest BCUT2D eigenvalue weighted by molar-refractivity contribution is 6.31. The summed E-state index contributed by atoms with van der Waals surface area (Å²) in [4.78, 5) is 2.14. The van der Waals surface area contributed by atoms with Crippen molar-refractivity contribution in [2.75, 3.05) is 27.2 Å². The molecule has 0 saturated heterocycles. The number of nitrogens with zero attached hydrogens (tertiary/aromatic N) is 3. The molecule has 20 heavy (non-hydrogen) atoms. The monoisotopic (exact) mass is 298 g/mol. The minimum atomic E-state index is 0.166. The molecule has 0 aliphatic rings. The molecular formula is C15H27ClN4. The van der Waals surface area contributed by atoms with E-state index in [2.05, 4.69) is 62.3 Å². The first-order chi connectivity index (χ1) is 9.29. The van der Waals surface area contributed by atoms with Crippen molar-refractivity contribution in [3.05, 3.63) is 23.0 Å². The minimum absolute atomic E-state index is 0.166. The number of halogens is 1. The van der Waals surface area contributed by atoms with Crippen molar-refractivity contribution >= 4 is 17.7 Å². The van der Waals surface area contributed by atoms with Crippen molar-refractivity contribution in [1.82, 2.24) is 20.0 Å². The van der Waals surface area contributed by atoms with Gasteiger partial charge < -0.3 is 10.2 Å². The molecule has 0 aromatic carbocycles. The van der Waals surface area contributed by atoms with Gasteiger partial charge in [0.2, 0.25) is 0 Å². The zero-order valence-electron chi connectivity index (χ0n) is 13.3. The third kappa shape index (κ3) is 6.55. The van der Waals surface area contributed by atoms with Crippen LogP contribution in [0.25, 0.3) is 6.08 Å². The molecule has 5 heteroatoms. The SMILES string of the molecule is CN(C)CCn1ncc(Cl)c1/C=C/CCNC(C)(C)C. The van der Waals surface area contributed by atoms with Crippen molar-refractivity contribution in [3.63, 3.8) is 0 Å². The summed E-state index contributed by atoms with van der Waals surface area (Å²) in [5, 5.41) is 8.49. The Hall–Kier alpha value is -0.840. The van der Waals surface area contributed by atoms with Gasteiger partial charge in [0, 0.05) is 12.1 Å². The Morgan fingerprint density at radius 3 is 2.70 bits per heavy atom. The predicted molar refractivity (Wildman–Crippen MR) is 87.2 cm³/mol. The molecule has 1 aromatic rings. The average molecular weight is 299 g/mol. The molecule has 4 nitrogen and oxygen atoms in total. The molecule has 114 valence electrons. The molecule has 1 N–H and O–H groups in total. The maximum atomic E-state index is 6.18. The van der Waals surface area contributed by atoms with Crippen LogP contribution >= 0.6 is 11.6 Å². The Kier molecular flexibility index (Phi) is 6.72. The first-order valence-electron chi connectivity index (χ1n) is 7.07. The summed E-state index contributed by atoms with van der Waals surface area (Å²) in [6.07, 6.45) is 6.90. The van der Waals surface area contributed by atoms with E-state index in [1.807, 2.05) is 4.68 Å². The molecule has 1 aromatic heterocycles. The van der Waals surface area contributed by atoms with E-state index in [1.165, 1.54) is 0 Å². The van der Waals surface area contributed by atoms with Gasteiger partial charge >= 0.3 is 0 Å². The molecular weight excluding hydrogens is 272 g/mol. The molecule has 0 unspecified atom stereocenters. The third-order valence-electron chi connectivity index (χ3n) is 2.83. The van der Waals surface area contributed by atoms with Gasteiger partial charge in [-0.3, -0.25) is 4.68 Å². The van der Waals surface area contributed by atoms with Crippen LogP contribution in [0.3, 0.4) is 0 Å². The lowest BCUT2D eigenvalue weighted by atomic mass is 10.1. The highest BCUT2D eigenvalue weighted by Gasteiger charge is 2.07. The molecule has 0 amide bonds.